The molecule has 0 saturated carbocycles. The third kappa shape index (κ3) is 3.05. The molecule has 2 heterocycles. The van der Waals surface area contributed by atoms with Crippen LogP contribution in [0.15, 0.2) is 48.7 Å². The van der Waals surface area contributed by atoms with Gasteiger partial charge in [0.2, 0.25) is 5.95 Å². The Labute approximate surface area is 121 Å². The zero-order valence-electron chi connectivity index (χ0n) is 11.5. The Morgan fingerprint density at radius 1 is 1.05 bits per heavy atom. The minimum atomic E-state index is -0.490. The molecule has 3 rings (SSSR count). The summed E-state index contributed by atoms with van der Waals surface area (Å²) >= 11 is 0. The molecule has 4 heteroatoms. The summed E-state index contributed by atoms with van der Waals surface area (Å²) in [5.41, 5.74) is 2.45. The number of methoxy groups -OCH3 is 1. The number of aromatic nitrogens is 2. The summed E-state index contributed by atoms with van der Waals surface area (Å²) in [6.45, 7) is 0. The molecule has 0 fully saturated rings. The van der Waals surface area contributed by atoms with Gasteiger partial charge in [-0.2, -0.15) is 4.39 Å². The lowest BCUT2D eigenvalue weighted by molar-refractivity contribution is 0.415. The number of rotatable bonds is 3. The van der Waals surface area contributed by atoms with Crippen molar-refractivity contribution in [3.05, 3.63) is 65.9 Å². The van der Waals surface area contributed by atoms with E-state index >= 15 is 0 Å². The number of pyridine rings is 2. The quantitative estimate of drug-likeness (QED) is 0.681. The van der Waals surface area contributed by atoms with Crippen molar-refractivity contribution in [1.29, 1.82) is 0 Å². The van der Waals surface area contributed by atoms with Gasteiger partial charge in [-0.3, -0.25) is 0 Å². The van der Waals surface area contributed by atoms with Crippen LogP contribution in [0.2, 0.25) is 0 Å². The standard InChI is InChI=1S/C17H13FN2O/c1-21-15-6-7-16-13(11-15)3-5-14(20-16)4-2-12-8-9-19-17(18)10-12/h2-11H,1H3/b4-2+. The zero-order chi connectivity index (χ0) is 14.7. The van der Waals surface area contributed by atoms with Gasteiger partial charge in [0.1, 0.15) is 5.75 Å². The van der Waals surface area contributed by atoms with Crippen molar-refractivity contribution in [2.75, 3.05) is 7.11 Å². The Morgan fingerprint density at radius 3 is 2.76 bits per heavy atom. The van der Waals surface area contributed by atoms with Crippen molar-refractivity contribution >= 4 is 23.1 Å². The van der Waals surface area contributed by atoms with Crippen LogP contribution in [0.3, 0.4) is 0 Å². The Hall–Kier alpha value is -2.75. The van der Waals surface area contributed by atoms with Gasteiger partial charge in [0, 0.05) is 17.6 Å². The highest BCUT2D eigenvalue weighted by Crippen LogP contribution is 2.20. The van der Waals surface area contributed by atoms with Gasteiger partial charge >= 0.3 is 0 Å². The van der Waals surface area contributed by atoms with E-state index in [0.29, 0.717) is 0 Å². The third-order valence-electron chi connectivity index (χ3n) is 3.12. The molecular weight excluding hydrogens is 267 g/mol. The topological polar surface area (TPSA) is 35.0 Å². The summed E-state index contributed by atoms with van der Waals surface area (Å²) in [6, 6.07) is 12.7. The SMILES string of the molecule is COc1ccc2nc(/C=C/c3ccnc(F)c3)ccc2c1. The van der Waals surface area contributed by atoms with E-state index in [1.807, 2.05) is 42.5 Å². The van der Waals surface area contributed by atoms with Crippen LogP contribution in [-0.4, -0.2) is 17.1 Å². The first-order valence-electron chi connectivity index (χ1n) is 6.49. The van der Waals surface area contributed by atoms with Crippen molar-refractivity contribution in [3.63, 3.8) is 0 Å². The Bertz CT molecular complexity index is 815. The van der Waals surface area contributed by atoms with E-state index in [0.717, 1.165) is 27.9 Å². The number of halogens is 1. The van der Waals surface area contributed by atoms with Crippen LogP contribution in [0.4, 0.5) is 4.39 Å². The summed E-state index contributed by atoms with van der Waals surface area (Å²) < 4.78 is 18.2. The highest BCUT2D eigenvalue weighted by atomic mass is 19.1. The van der Waals surface area contributed by atoms with E-state index < -0.39 is 5.95 Å². The molecule has 0 saturated heterocycles. The summed E-state index contributed by atoms with van der Waals surface area (Å²) in [6.07, 6.45) is 5.09. The fourth-order valence-electron chi connectivity index (χ4n) is 2.04. The Balaban J connectivity index is 1.91. The molecule has 0 radical (unpaired) electrons. The molecule has 2 aromatic heterocycles. The van der Waals surface area contributed by atoms with Crippen LogP contribution in [0, 0.1) is 5.95 Å². The number of benzene rings is 1. The molecule has 0 N–H and O–H groups in total. The Kier molecular flexibility index (Phi) is 3.60. The molecule has 21 heavy (non-hydrogen) atoms. The third-order valence-corrected chi connectivity index (χ3v) is 3.12. The molecule has 0 spiro atoms. The van der Waals surface area contributed by atoms with E-state index in [-0.39, 0.29) is 0 Å². The Morgan fingerprint density at radius 2 is 1.95 bits per heavy atom. The van der Waals surface area contributed by atoms with E-state index in [1.54, 1.807) is 13.2 Å². The van der Waals surface area contributed by atoms with Crippen LogP contribution in [-0.2, 0) is 0 Å². The van der Waals surface area contributed by atoms with E-state index in [9.17, 15) is 4.39 Å². The molecule has 0 aliphatic heterocycles. The summed E-state index contributed by atoms with van der Waals surface area (Å²) in [7, 11) is 1.64. The highest BCUT2D eigenvalue weighted by molar-refractivity contribution is 5.82. The predicted molar refractivity (Wildman–Crippen MR) is 81.4 cm³/mol. The maximum Gasteiger partial charge on any atom is 0.213 e. The summed E-state index contributed by atoms with van der Waals surface area (Å²) in [4.78, 5) is 8.06. The second-order valence-corrected chi connectivity index (χ2v) is 4.54. The first-order valence-corrected chi connectivity index (χ1v) is 6.49. The van der Waals surface area contributed by atoms with E-state index in [4.69, 9.17) is 4.74 Å². The summed E-state index contributed by atoms with van der Waals surface area (Å²) in [5.74, 6) is 0.315. The van der Waals surface area contributed by atoms with Gasteiger partial charge in [-0.25, -0.2) is 9.97 Å². The summed E-state index contributed by atoms with van der Waals surface area (Å²) in [5, 5.41) is 1.02. The second-order valence-electron chi connectivity index (χ2n) is 4.54. The number of hydrogen-bond acceptors (Lipinski definition) is 3. The maximum atomic E-state index is 13.0. The van der Waals surface area contributed by atoms with Gasteiger partial charge < -0.3 is 4.74 Å². The molecule has 3 aromatic rings. The first kappa shape index (κ1) is 13.2. The van der Waals surface area contributed by atoms with Gasteiger partial charge in [0.25, 0.3) is 0 Å². The molecule has 0 atom stereocenters. The number of nitrogens with zero attached hydrogens (tertiary/aromatic N) is 2. The van der Waals surface area contributed by atoms with Crippen molar-refractivity contribution in [2.24, 2.45) is 0 Å². The van der Waals surface area contributed by atoms with Crippen molar-refractivity contribution in [2.45, 2.75) is 0 Å². The van der Waals surface area contributed by atoms with Crippen molar-refractivity contribution in [3.8, 4) is 5.75 Å². The van der Waals surface area contributed by atoms with E-state index in [1.165, 1.54) is 12.3 Å². The number of hydrogen-bond donors (Lipinski definition) is 0. The van der Waals surface area contributed by atoms with Crippen molar-refractivity contribution in [1.82, 2.24) is 9.97 Å². The van der Waals surface area contributed by atoms with Gasteiger partial charge in [-0.05, 0) is 42.0 Å². The predicted octanol–water partition coefficient (Wildman–Crippen LogP) is 3.95. The molecule has 1 aromatic carbocycles. The fourth-order valence-corrected chi connectivity index (χ4v) is 2.04. The van der Waals surface area contributed by atoms with Gasteiger partial charge in [0.15, 0.2) is 0 Å². The molecule has 104 valence electrons. The molecule has 3 nitrogen and oxygen atoms in total. The second kappa shape index (κ2) is 5.71. The normalized spacial score (nSPS) is 11.1. The molecule has 0 unspecified atom stereocenters. The van der Waals surface area contributed by atoms with Gasteiger partial charge in [0.05, 0.1) is 18.3 Å². The van der Waals surface area contributed by atoms with Gasteiger partial charge in [-0.15, -0.1) is 0 Å². The lowest BCUT2D eigenvalue weighted by Gasteiger charge is -2.02. The first-order chi connectivity index (χ1) is 10.2. The van der Waals surface area contributed by atoms with Crippen LogP contribution in [0.1, 0.15) is 11.3 Å². The highest BCUT2D eigenvalue weighted by Gasteiger charge is 1.99. The zero-order valence-corrected chi connectivity index (χ0v) is 11.5. The average Bonchev–Trinajstić information content (AvgIpc) is 2.52. The van der Waals surface area contributed by atoms with E-state index in [2.05, 4.69) is 9.97 Å². The molecule has 0 amide bonds. The van der Waals surface area contributed by atoms with Gasteiger partial charge in [-0.1, -0.05) is 12.1 Å². The minimum Gasteiger partial charge on any atom is -0.497 e. The number of fused-ring (bicyclic) bond motifs is 1. The van der Waals surface area contributed by atoms with Crippen LogP contribution >= 0.6 is 0 Å². The monoisotopic (exact) mass is 280 g/mol. The smallest absolute Gasteiger partial charge is 0.213 e. The van der Waals surface area contributed by atoms with Crippen LogP contribution in [0.25, 0.3) is 23.1 Å². The van der Waals surface area contributed by atoms with Crippen LogP contribution < -0.4 is 4.74 Å². The molecule has 0 bridgehead atoms. The minimum absolute atomic E-state index is 0.490. The largest absolute Gasteiger partial charge is 0.497 e. The molecular formula is C17H13FN2O. The maximum absolute atomic E-state index is 13.0. The lowest BCUT2D eigenvalue weighted by Crippen LogP contribution is -1.86. The lowest BCUT2D eigenvalue weighted by atomic mass is 10.1. The van der Waals surface area contributed by atoms with Crippen molar-refractivity contribution < 1.29 is 9.13 Å². The average molecular weight is 280 g/mol. The molecule has 0 aliphatic carbocycles. The number of ether oxygens (including phenoxy) is 1. The molecule has 0 aliphatic rings. The fraction of sp³-hybridized carbons (Fsp3) is 0.0588. The van der Waals surface area contributed by atoms with Crippen LogP contribution in [0.5, 0.6) is 5.75 Å².